The molecule has 250 valence electrons. The second-order valence-electron chi connectivity index (χ2n) is 11.3. The van der Waals surface area contributed by atoms with Crippen LogP contribution < -0.4 is 5.32 Å². The molecule has 9 atom stereocenters. The lowest BCUT2D eigenvalue weighted by Gasteiger charge is -2.42. The number of epoxide rings is 1. The first-order valence-corrected chi connectivity index (χ1v) is 15.1. The summed E-state index contributed by atoms with van der Waals surface area (Å²) in [5.41, 5.74) is -12.4. The molecule has 2 unspecified atom stereocenters. The van der Waals surface area contributed by atoms with Gasteiger partial charge in [-0.25, -0.2) is 4.98 Å². The van der Waals surface area contributed by atoms with E-state index in [1.165, 1.54) is 12.3 Å². The van der Waals surface area contributed by atoms with Crippen molar-refractivity contribution in [1.82, 2.24) is 10.3 Å². The predicted molar refractivity (Wildman–Crippen MR) is 179 cm³/mol. The van der Waals surface area contributed by atoms with Crippen molar-refractivity contribution in [3.05, 3.63) is 21.7 Å². The lowest BCUT2D eigenvalue weighted by Crippen LogP contribution is -2.55. The van der Waals surface area contributed by atoms with Crippen molar-refractivity contribution < 1.29 is 57.4 Å². The zero-order valence-electron chi connectivity index (χ0n) is 50.5. The third-order valence-electron chi connectivity index (χ3n) is 7.66. The van der Waals surface area contributed by atoms with Crippen LogP contribution >= 0.6 is 11.3 Å². The van der Waals surface area contributed by atoms with E-state index >= 15 is 4.79 Å². The van der Waals surface area contributed by atoms with Crippen LogP contribution in [-0.4, -0.2) is 56.3 Å². The Morgan fingerprint density at radius 2 is 2.05 bits per heavy atom. The van der Waals surface area contributed by atoms with Crippen LogP contribution in [0.4, 0.5) is 0 Å². The van der Waals surface area contributed by atoms with Gasteiger partial charge in [-0.1, -0.05) is 75.0 Å². The average Bonchev–Trinajstić information content (AvgIpc) is 3.57. The summed E-state index contributed by atoms with van der Waals surface area (Å²) >= 11 is 1.11. The molecule has 1 aromatic heterocycles. The van der Waals surface area contributed by atoms with E-state index in [1.54, 1.807) is 13.8 Å². The zero-order valence-corrected chi connectivity index (χ0v) is 27.3. The van der Waals surface area contributed by atoms with Gasteiger partial charge in [0.2, 0.25) is 5.91 Å². The molecule has 0 aliphatic carbocycles. The monoisotopic (exact) mass is 657 g/mol. The Kier molecular flexibility index (Phi) is 5.09. The zero-order chi connectivity index (χ0) is 54.5. The molecule has 0 radical (unpaired) electrons. The Labute approximate surface area is 304 Å². The molecule has 8 heteroatoms. The second-order valence-corrected chi connectivity index (χ2v) is 12.1. The molecule has 0 spiro atoms. The Hall–Kier alpha value is -1.61. The van der Waals surface area contributed by atoms with E-state index in [4.69, 9.17) is 19.8 Å². The van der Waals surface area contributed by atoms with Gasteiger partial charge in [0.15, 0.2) is 0 Å². The Morgan fingerprint density at radius 3 is 2.57 bits per heavy atom. The van der Waals surface area contributed by atoms with Gasteiger partial charge < -0.3 is 20.3 Å². The molecule has 0 bridgehead atoms. The summed E-state index contributed by atoms with van der Waals surface area (Å²) in [6.07, 6.45) is -35.8. The average molecular weight is 657 g/mol. The maximum atomic E-state index is 15.5. The highest BCUT2D eigenvalue weighted by atomic mass is 32.1. The van der Waals surface area contributed by atoms with Crippen LogP contribution in [0.25, 0.3) is 6.08 Å². The fourth-order valence-corrected chi connectivity index (χ4v) is 5.40. The molecular formula is C36H60N2O5S. The van der Waals surface area contributed by atoms with Crippen molar-refractivity contribution in [2.45, 2.75) is 156 Å². The highest BCUT2D eigenvalue weighted by Crippen LogP contribution is 2.57. The first-order chi connectivity index (χ1) is 29.5. The molecular weight excluding hydrogens is 572 g/mol. The van der Waals surface area contributed by atoms with Crippen LogP contribution in [-0.2, 0) is 14.3 Å². The molecule has 7 nitrogen and oxygen atoms in total. The highest BCUT2D eigenvalue weighted by Gasteiger charge is 2.65. The van der Waals surface area contributed by atoms with Gasteiger partial charge >= 0.3 is 0 Å². The number of thiazole rings is 1. The topological polar surface area (TPSA) is 112 Å². The number of ketones is 1. The van der Waals surface area contributed by atoms with Crippen LogP contribution in [0.3, 0.4) is 0 Å². The van der Waals surface area contributed by atoms with Gasteiger partial charge in [0.25, 0.3) is 0 Å². The van der Waals surface area contributed by atoms with E-state index < -0.39 is 134 Å². The van der Waals surface area contributed by atoms with Gasteiger partial charge in [-0.2, -0.15) is 0 Å². The summed E-state index contributed by atoms with van der Waals surface area (Å²) in [7, 11) is 0. The van der Waals surface area contributed by atoms with E-state index in [-0.39, 0.29) is 18.5 Å². The number of aliphatic hydroxyl groups is 2. The summed E-state index contributed by atoms with van der Waals surface area (Å²) in [6.45, 7) is -1.95. The number of nitrogens with zero attached hydrogens (tertiary/aromatic N) is 1. The van der Waals surface area contributed by atoms with Crippen LogP contribution in [0.2, 0.25) is 0 Å². The SMILES string of the molecule is [2H]C([2H])([2H])C1(C([2H])(C)C)C(=O)[C@]([2H])(C([2H])([2H])[2H])[C@@]([2H])(O)[C@@]([2H])(C([2H])([2H])C)C([2H])([2H])C([2H])([2H])C([2H])([2H])[C@@]2(C([2H])([2H])C)O[C@@]2(C)C([2H])([2H])[C@@]([2H])(/C(=C/c2csc(C(C)C)n2)CC)NC(=O)C(C)[C@]1([2H])O. The molecule has 0 saturated carbocycles. The molecule has 1 aromatic rings. The number of aromatic nitrogens is 1. The number of Topliss-reactive ketones (excluding diaryl/α,β-unsaturated/α-hetero) is 1. The smallest absolute Gasteiger partial charge is 0.225 e. The molecule has 44 heavy (non-hydrogen) atoms. The lowest BCUT2D eigenvalue weighted by atomic mass is 9.63. The van der Waals surface area contributed by atoms with E-state index in [0.717, 1.165) is 17.4 Å². The number of hydrogen-bond donors (Lipinski definition) is 3. The number of carbonyl (C=O) groups is 2. The summed E-state index contributed by atoms with van der Waals surface area (Å²) < 4.78 is 224. The van der Waals surface area contributed by atoms with E-state index in [9.17, 15) is 32.8 Å². The maximum Gasteiger partial charge on any atom is 0.225 e. The maximum absolute atomic E-state index is 15.5. The van der Waals surface area contributed by atoms with Crippen molar-refractivity contribution in [3.63, 3.8) is 0 Å². The molecule has 1 amide bonds. The minimum absolute atomic E-state index is 0.0196. The van der Waals surface area contributed by atoms with E-state index in [0.29, 0.717) is 39.6 Å². The summed E-state index contributed by atoms with van der Waals surface area (Å²) in [4.78, 5) is 34.9. The van der Waals surface area contributed by atoms with Crippen LogP contribution in [0.15, 0.2) is 11.0 Å². The molecule has 3 heterocycles. The quantitative estimate of drug-likeness (QED) is 0.266. The van der Waals surface area contributed by atoms with Crippen LogP contribution in [0.1, 0.15) is 170 Å². The molecule has 0 aromatic carbocycles. The standard InChI is InChI=1S/C36H60N2O5S/c1-12-25-16-15-17-36(14-3)34(10,43-36)19-28(26(13-2)18-27-20-44-33(37-27)21(4)5)38-32(42)24(9)31(41)35(11,22(6)7)30(40)23(8)29(25)39/h18,20-25,28-29,31,39,41H,12-17,19H2,1-11H3,(H,38,42)/b26-18+/t23-,24?,25+,28+,29-,31+,34+,35?,36-/m1/s1/i8D3,11D3,12D2,14D2,15D2,16D2,17D2,19D2,22D,23D,25D,28D,29D,31D. The van der Waals surface area contributed by atoms with E-state index in [1.807, 2.05) is 5.32 Å². The van der Waals surface area contributed by atoms with Crippen molar-refractivity contribution in [2.24, 2.45) is 29.0 Å². The van der Waals surface area contributed by atoms with Crippen LogP contribution in [0.5, 0.6) is 0 Å². The normalized spacial score (nSPS) is 60.5. The first-order valence-electron chi connectivity index (χ1n) is 26.2. The molecule has 2 fully saturated rings. The van der Waals surface area contributed by atoms with Gasteiger partial charge in [0, 0.05) is 52.4 Å². The van der Waals surface area contributed by atoms with Gasteiger partial charge in [-0.3, -0.25) is 9.59 Å². The fraction of sp³-hybridized carbons (Fsp3) is 0.806. The Bertz CT molecular complexity index is 2160. The summed E-state index contributed by atoms with van der Waals surface area (Å²) in [5.74, 6) is -22.2. The number of ether oxygens (including phenoxy) is 1. The molecule has 3 rings (SSSR count). The fourth-order valence-electron chi connectivity index (χ4n) is 4.60. The summed E-state index contributed by atoms with van der Waals surface area (Å²) in [5, 5.41) is 28.8. The molecule has 2 aliphatic rings. The molecule has 2 aliphatic heterocycles. The van der Waals surface area contributed by atoms with Crippen molar-refractivity contribution >= 4 is 29.1 Å². The van der Waals surface area contributed by atoms with Gasteiger partial charge in [-0.15, -0.1) is 11.3 Å². The summed E-state index contributed by atoms with van der Waals surface area (Å²) in [6, 6.07) is -3.58. The third-order valence-corrected chi connectivity index (χ3v) is 8.83. The minimum Gasteiger partial charge on any atom is -0.392 e. The van der Waals surface area contributed by atoms with Crippen molar-refractivity contribution in [2.75, 3.05) is 0 Å². The van der Waals surface area contributed by atoms with Gasteiger partial charge in [0.05, 0.1) is 55.5 Å². The number of fused-ring (bicyclic) bond motifs is 1. The molecule has 2 saturated heterocycles. The van der Waals surface area contributed by atoms with Crippen LogP contribution in [0, 0.1) is 29.0 Å². The van der Waals surface area contributed by atoms with E-state index in [2.05, 4.69) is 4.98 Å². The van der Waals surface area contributed by atoms with Gasteiger partial charge in [0.1, 0.15) is 5.78 Å². The largest absolute Gasteiger partial charge is 0.392 e. The van der Waals surface area contributed by atoms with Crippen molar-refractivity contribution in [1.29, 1.82) is 0 Å². The minimum atomic E-state index is -5.50. The predicted octanol–water partition coefficient (Wildman–Crippen LogP) is 7.31. The first kappa shape index (κ1) is 15.5. The third kappa shape index (κ3) is 7.19. The number of carbonyl (C=O) groups excluding carboxylic acids is 2. The Balaban J connectivity index is 2.95. The Morgan fingerprint density at radius 1 is 1.34 bits per heavy atom. The molecule has 3 N–H and O–H groups in total. The number of nitrogens with one attached hydrogen (secondary N) is 1. The number of hydrogen-bond acceptors (Lipinski definition) is 7. The second kappa shape index (κ2) is 14.4. The van der Waals surface area contributed by atoms with Crippen molar-refractivity contribution in [3.8, 4) is 0 Å². The van der Waals surface area contributed by atoms with Gasteiger partial charge in [-0.05, 0) is 62.8 Å². The lowest BCUT2D eigenvalue weighted by molar-refractivity contribution is -0.153. The highest BCUT2D eigenvalue weighted by molar-refractivity contribution is 7.09. The number of rotatable bonds is 7. The number of amides is 1.